The minimum Gasteiger partial charge on any atom is -0.378 e. The number of amides is 2. The Hall–Kier alpha value is -0.940. The van der Waals surface area contributed by atoms with E-state index in [1.165, 1.54) is 4.90 Å². The normalized spacial score (nSPS) is 39.8. The van der Waals surface area contributed by atoms with E-state index in [4.69, 9.17) is 4.74 Å². The van der Waals surface area contributed by atoms with E-state index < -0.39 is 0 Å². The van der Waals surface area contributed by atoms with Gasteiger partial charge in [0.25, 0.3) is 0 Å². The molecular weight excluding hydrogens is 208 g/mol. The van der Waals surface area contributed by atoms with Gasteiger partial charge in [-0.25, -0.2) is 0 Å². The highest BCUT2D eigenvalue weighted by Gasteiger charge is 2.48. The van der Waals surface area contributed by atoms with Crippen molar-refractivity contribution in [2.75, 3.05) is 20.2 Å². The van der Waals surface area contributed by atoms with Gasteiger partial charge in [-0.2, -0.15) is 0 Å². The minimum atomic E-state index is -0.203. The number of hydrogen-bond acceptors (Lipinski definition) is 4. The van der Waals surface area contributed by atoms with Gasteiger partial charge >= 0.3 is 0 Å². The Morgan fingerprint density at radius 1 is 1.19 bits per heavy atom. The molecule has 0 spiro atoms. The second-order valence-electron chi connectivity index (χ2n) is 4.62. The summed E-state index contributed by atoms with van der Waals surface area (Å²) in [5.41, 5.74) is 0. The number of carbonyl (C=O) groups excluding carboxylic acids is 2. The van der Waals surface area contributed by atoms with Gasteiger partial charge in [0.15, 0.2) is 0 Å². The topological polar surface area (TPSA) is 58.6 Å². The number of hydrogen-bond donors (Lipinski definition) is 1. The Balaban J connectivity index is 2.21. The molecule has 2 heterocycles. The molecule has 0 aromatic carbocycles. The summed E-state index contributed by atoms with van der Waals surface area (Å²) in [4.78, 5) is 25.4. The lowest BCUT2D eigenvalue weighted by atomic mass is 10.00. The zero-order chi connectivity index (χ0) is 11.9. The van der Waals surface area contributed by atoms with Crippen LogP contribution in [0.5, 0.6) is 0 Å². The van der Waals surface area contributed by atoms with Crippen LogP contribution in [0.1, 0.15) is 13.8 Å². The van der Waals surface area contributed by atoms with E-state index in [1.807, 2.05) is 13.8 Å². The van der Waals surface area contributed by atoms with Crippen LogP contribution in [-0.2, 0) is 14.3 Å². The monoisotopic (exact) mass is 226 g/mol. The molecule has 0 bridgehead atoms. The average Bonchev–Trinajstić information content (AvgIpc) is 2.80. The van der Waals surface area contributed by atoms with Gasteiger partial charge in [0.2, 0.25) is 11.8 Å². The second kappa shape index (κ2) is 4.14. The van der Waals surface area contributed by atoms with Gasteiger partial charge in [-0.15, -0.1) is 0 Å². The van der Waals surface area contributed by atoms with Crippen LogP contribution in [0.3, 0.4) is 0 Å². The lowest BCUT2D eigenvalue weighted by molar-refractivity contribution is -0.144. The number of rotatable bonds is 2. The summed E-state index contributed by atoms with van der Waals surface area (Å²) in [7, 11) is 1.61. The number of nitrogens with zero attached hydrogens (tertiary/aromatic N) is 1. The first-order chi connectivity index (χ1) is 7.57. The SMILES string of the molecule is CO[C@H]1CNCC1N1C(=O)C(C)C(C)C1=O. The highest BCUT2D eigenvalue weighted by atomic mass is 16.5. The van der Waals surface area contributed by atoms with Crippen molar-refractivity contribution in [2.24, 2.45) is 11.8 Å². The quantitative estimate of drug-likeness (QED) is 0.652. The van der Waals surface area contributed by atoms with Crippen molar-refractivity contribution in [1.82, 2.24) is 10.2 Å². The Bertz CT molecular complexity index is 298. The Labute approximate surface area is 95.1 Å². The fourth-order valence-electron chi connectivity index (χ4n) is 2.44. The van der Waals surface area contributed by atoms with Crippen molar-refractivity contribution >= 4 is 11.8 Å². The van der Waals surface area contributed by atoms with Crippen LogP contribution in [-0.4, -0.2) is 49.1 Å². The van der Waals surface area contributed by atoms with Crippen molar-refractivity contribution in [3.05, 3.63) is 0 Å². The van der Waals surface area contributed by atoms with Crippen molar-refractivity contribution in [3.63, 3.8) is 0 Å². The van der Waals surface area contributed by atoms with Gasteiger partial charge < -0.3 is 10.1 Å². The highest BCUT2D eigenvalue weighted by molar-refractivity contribution is 6.05. The number of carbonyl (C=O) groups is 2. The first kappa shape index (κ1) is 11.5. The lowest BCUT2D eigenvalue weighted by Crippen LogP contribution is -2.47. The molecule has 2 aliphatic heterocycles. The summed E-state index contributed by atoms with van der Waals surface area (Å²) in [5.74, 6) is -0.530. The standard InChI is InChI=1S/C11H18N2O3/c1-6-7(2)11(15)13(10(6)14)8-4-12-5-9(8)16-3/h6-9,12H,4-5H2,1-3H3/t6?,7?,8?,9-/m0/s1. The van der Waals surface area contributed by atoms with Crippen LogP contribution in [0.4, 0.5) is 0 Å². The van der Waals surface area contributed by atoms with Crippen molar-refractivity contribution in [1.29, 1.82) is 0 Å². The third kappa shape index (κ3) is 1.55. The molecule has 5 nitrogen and oxygen atoms in total. The minimum absolute atomic E-state index is 0.0618. The molecule has 1 N–H and O–H groups in total. The first-order valence-corrected chi connectivity index (χ1v) is 5.68. The van der Waals surface area contributed by atoms with Crippen LogP contribution in [0.2, 0.25) is 0 Å². The molecule has 0 aliphatic carbocycles. The number of nitrogens with one attached hydrogen (secondary N) is 1. The van der Waals surface area contributed by atoms with Crippen LogP contribution in [0, 0.1) is 11.8 Å². The van der Waals surface area contributed by atoms with Crippen LogP contribution in [0.15, 0.2) is 0 Å². The summed E-state index contributed by atoms with van der Waals surface area (Å²) >= 11 is 0. The maximum Gasteiger partial charge on any atom is 0.233 e. The molecule has 0 aromatic rings. The fraction of sp³-hybridized carbons (Fsp3) is 0.818. The van der Waals surface area contributed by atoms with Crippen molar-refractivity contribution in [2.45, 2.75) is 26.0 Å². The van der Waals surface area contributed by atoms with E-state index in [0.29, 0.717) is 13.1 Å². The molecule has 3 unspecified atom stereocenters. The average molecular weight is 226 g/mol. The van der Waals surface area contributed by atoms with Gasteiger partial charge in [-0.05, 0) is 0 Å². The fourth-order valence-corrected chi connectivity index (χ4v) is 2.44. The molecule has 16 heavy (non-hydrogen) atoms. The molecule has 2 aliphatic rings. The predicted octanol–water partition coefficient (Wildman–Crippen LogP) is -0.386. The smallest absolute Gasteiger partial charge is 0.233 e. The molecule has 2 fully saturated rings. The van der Waals surface area contributed by atoms with Gasteiger partial charge in [0.05, 0.1) is 12.1 Å². The molecule has 2 amide bonds. The molecule has 0 radical (unpaired) electrons. The van der Waals surface area contributed by atoms with E-state index >= 15 is 0 Å². The van der Waals surface area contributed by atoms with Gasteiger partial charge in [-0.1, -0.05) is 13.8 Å². The zero-order valence-corrected chi connectivity index (χ0v) is 9.90. The number of imide groups is 1. The summed E-state index contributed by atoms with van der Waals surface area (Å²) in [5, 5.41) is 3.15. The molecule has 2 saturated heterocycles. The van der Waals surface area contributed by atoms with E-state index in [2.05, 4.69) is 5.32 Å². The third-order valence-corrected chi connectivity index (χ3v) is 3.77. The first-order valence-electron chi connectivity index (χ1n) is 5.68. The third-order valence-electron chi connectivity index (χ3n) is 3.77. The molecule has 90 valence electrons. The molecule has 2 rings (SSSR count). The highest BCUT2D eigenvalue weighted by Crippen LogP contribution is 2.29. The number of methoxy groups -OCH3 is 1. The Morgan fingerprint density at radius 3 is 2.25 bits per heavy atom. The van der Waals surface area contributed by atoms with Crippen LogP contribution >= 0.6 is 0 Å². The summed E-state index contributed by atoms with van der Waals surface area (Å²) in [6, 6.07) is -0.141. The Kier molecular flexibility index (Phi) is 2.99. The maximum absolute atomic E-state index is 12.0. The second-order valence-corrected chi connectivity index (χ2v) is 4.62. The number of ether oxygens (including phenoxy) is 1. The van der Waals surface area contributed by atoms with E-state index in [9.17, 15) is 9.59 Å². The molecule has 0 saturated carbocycles. The summed E-state index contributed by atoms with van der Waals surface area (Å²) < 4.78 is 5.29. The van der Waals surface area contributed by atoms with E-state index in [-0.39, 0.29) is 35.8 Å². The predicted molar refractivity (Wildman–Crippen MR) is 57.6 cm³/mol. The molecule has 5 heteroatoms. The Morgan fingerprint density at radius 2 is 1.75 bits per heavy atom. The van der Waals surface area contributed by atoms with Gasteiger partial charge in [-0.3, -0.25) is 14.5 Å². The van der Waals surface area contributed by atoms with Crippen LogP contribution < -0.4 is 5.32 Å². The van der Waals surface area contributed by atoms with E-state index in [0.717, 1.165) is 0 Å². The van der Waals surface area contributed by atoms with Crippen molar-refractivity contribution < 1.29 is 14.3 Å². The summed E-state index contributed by atoms with van der Waals surface area (Å²) in [6.07, 6.45) is -0.0783. The summed E-state index contributed by atoms with van der Waals surface area (Å²) in [6.45, 7) is 4.96. The molecular formula is C11H18N2O3. The maximum atomic E-state index is 12.0. The van der Waals surface area contributed by atoms with E-state index in [1.54, 1.807) is 7.11 Å². The largest absolute Gasteiger partial charge is 0.378 e. The zero-order valence-electron chi connectivity index (χ0n) is 9.90. The number of likely N-dealkylation sites (tertiary alicyclic amines) is 1. The molecule has 0 aromatic heterocycles. The van der Waals surface area contributed by atoms with Crippen molar-refractivity contribution in [3.8, 4) is 0 Å². The lowest BCUT2D eigenvalue weighted by Gasteiger charge is -2.26. The van der Waals surface area contributed by atoms with Gasteiger partial charge in [0.1, 0.15) is 0 Å². The van der Waals surface area contributed by atoms with Crippen LogP contribution in [0.25, 0.3) is 0 Å². The van der Waals surface area contributed by atoms with Gasteiger partial charge in [0, 0.05) is 32.0 Å². The molecule has 4 atom stereocenters.